The summed E-state index contributed by atoms with van der Waals surface area (Å²) in [5.41, 5.74) is 0.484. The van der Waals surface area contributed by atoms with E-state index in [1.54, 1.807) is 30.3 Å². The summed E-state index contributed by atoms with van der Waals surface area (Å²) in [6, 6.07) is 13.0. The lowest BCUT2D eigenvalue weighted by atomic mass is 10.2. The Morgan fingerprint density at radius 2 is 1.88 bits per heavy atom. The standard InChI is InChI=1S/C23H25F2N3O4S/c1-15(2)31-13-7-12-28-21(30)16-8-3-4-9-17(16)27-23(28)33-14-20(29)26-18-10-5-6-11-19(18)32-22(24)25/h3-6,8-11,15,22H,7,12-14H2,1-2H3,(H,26,29). The summed E-state index contributed by atoms with van der Waals surface area (Å²) in [7, 11) is 0. The largest absolute Gasteiger partial charge is 0.433 e. The zero-order valence-electron chi connectivity index (χ0n) is 18.3. The van der Waals surface area contributed by atoms with Crippen molar-refractivity contribution >= 4 is 34.3 Å². The van der Waals surface area contributed by atoms with Crippen molar-refractivity contribution in [3.05, 3.63) is 58.9 Å². The third-order valence-corrected chi connectivity index (χ3v) is 5.49. The third kappa shape index (κ3) is 7.00. The normalized spacial score (nSPS) is 11.3. The Labute approximate surface area is 194 Å². The number of anilines is 1. The number of carbonyl (C=O) groups excluding carboxylic acids is 1. The second-order valence-corrected chi connectivity index (χ2v) is 8.30. The van der Waals surface area contributed by atoms with Crippen LogP contribution in [0.15, 0.2) is 58.5 Å². The van der Waals surface area contributed by atoms with E-state index in [-0.39, 0.29) is 28.9 Å². The number of hydrogen-bond donors (Lipinski definition) is 1. The molecule has 0 bridgehead atoms. The van der Waals surface area contributed by atoms with Crippen LogP contribution in [0.4, 0.5) is 14.5 Å². The zero-order chi connectivity index (χ0) is 23.8. The minimum Gasteiger partial charge on any atom is -0.433 e. The topological polar surface area (TPSA) is 82.4 Å². The Bertz CT molecular complexity index is 1150. The van der Waals surface area contributed by atoms with Crippen LogP contribution < -0.4 is 15.6 Å². The van der Waals surface area contributed by atoms with Gasteiger partial charge in [-0.05, 0) is 44.5 Å². The minimum absolute atomic E-state index is 0.0731. The lowest BCUT2D eigenvalue weighted by molar-refractivity contribution is -0.113. The molecule has 1 aromatic heterocycles. The second-order valence-electron chi connectivity index (χ2n) is 7.35. The number of halogens is 2. The van der Waals surface area contributed by atoms with Crippen LogP contribution in [0.2, 0.25) is 0 Å². The number of carbonyl (C=O) groups is 1. The van der Waals surface area contributed by atoms with Crippen LogP contribution in [-0.4, -0.2) is 40.5 Å². The molecule has 7 nitrogen and oxygen atoms in total. The van der Waals surface area contributed by atoms with E-state index in [9.17, 15) is 18.4 Å². The number of amides is 1. The van der Waals surface area contributed by atoms with Gasteiger partial charge in [-0.3, -0.25) is 14.2 Å². The zero-order valence-corrected chi connectivity index (χ0v) is 19.1. The summed E-state index contributed by atoms with van der Waals surface area (Å²) in [5.74, 6) is -0.643. The molecule has 0 fully saturated rings. The maximum absolute atomic E-state index is 13.0. The Balaban J connectivity index is 1.75. The maximum Gasteiger partial charge on any atom is 0.387 e. The van der Waals surface area contributed by atoms with Gasteiger partial charge in [0.05, 0.1) is 28.4 Å². The van der Waals surface area contributed by atoms with Gasteiger partial charge in [-0.25, -0.2) is 4.98 Å². The highest BCUT2D eigenvalue weighted by atomic mass is 32.2. The molecule has 0 spiro atoms. The Morgan fingerprint density at radius 1 is 1.15 bits per heavy atom. The second kappa shape index (κ2) is 11.8. The van der Waals surface area contributed by atoms with Crippen LogP contribution in [0.25, 0.3) is 10.9 Å². The molecule has 3 aromatic rings. The van der Waals surface area contributed by atoms with Gasteiger partial charge in [0, 0.05) is 13.2 Å². The smallest absolute Gasteiger partial charge is 0.387 e. The van der Waals surface area contributed by atoms with E-state index < -0.39 is 12.5 Å². The number of hydrogen-bond acceptors (Lipinski definition) is 6. The number of nitrogens with zero attached hydrogens (tertiary/aromatic N) is 2. The number of nitrogens with one attached hydrogen (secondary N) is 1. The SMILES string of the molecule is CC(C)OCCCn1c(SCC(=O)Nc2ccccc2OC(F)F)nc2ccccc2c1=O. The van der Waals surface area contributed by atoms with Gasteiger partial charge in [0.15, 0.2) is 5.16 Å². The van der Waals surface area contributed by atoms with Gasteiger partial charge in [-0.1, -0.05) is 36.0 Å². The fourth-order valence-corrected chi connectivity index (χ4v) is 3.91. The molecular formula is C23H25F2N3O4S. The summed E-state index contributed by atoms with van der Waals surface area (Å²) in [6.45, 7) is 1.75. The molecule has 0 aliphatic carbocycles. The fraction of sp³-hybridized carbons (Fsp3) is 0.348. The first-order valence-electron chi connectivity index (χ1n) is 10.4. The fourth-order valence-electron chi connectivity index (χ4n) is 3.08. The van der Waals surface area contributed by atoms with Crippen LogP contribution in [-0.2, 0) is 16.1 Å². The van der Waals surface area contributed by atoms with Crippen LogP contribution >= 0.6 is 11.8 Å². The number of aromatic nitrogens is 2. The molecule has 0 aliphatic rings. The molecule has 0 atom stereocenters. The lowest BCUT2D eigenvalue weighted by Crippen LogP contribution is -2.25. The van der Waals surface area contributed by atoms with Crippen molar-refractivity contribution in [1.82, 2.24) is 9.55 Å². The van der Waals surface area contributed by atoms with Crippen molar-refractivity contribution < 1.29 is 23.0 Å². The van der Waals surface area contributed by atoms with Gasteiger partial charge in [0.25, 0.3) is 5.56 Å². The van der Waals surface area contributed by atoms with E-state index in [0.717, 1.165) is 11.8 Å². The highest BCUT2D eigenvalue weighted by molar-refractivity contribution is 7.99. The van der Waals surface area contributed by atoms with Crippen LogP contribution in [0.5, 0.6) is 5.75 Å². The van der Waals surface area contributed by atoms with Gasteiger partial charge in [0.2, 0.25) is 5.91 Å². The van der Waals surface area contributed by atoms with Crippen molar-refractivity contribution in [2.24, 2.45) is 0 Å². The first kappa shape index (κ1) is 24.7. The number of thioether (sulfide) groups is 1. The molecule has 10 heteroatoms. The minimum atomic E-state index is -3.01. The molecule has 33 heavy (non-hydrogen) atoms. The molecule has 0 radical (unpaired) electrons. The van der Waals surface area contributed by atoms with Crippen molar-refractivity contribution in [3.8, 4) is 5.75 Å². The predicted octanol–water partition coefficient (Wildman–Crippen LogP) is 4.54. The Kier molecular flexibility index (Phi) is 8.79. The molecule has 2 aromatic carbocycles. The van der Waals surface area contributed by atoms with Crippen molar-refractivity contribution in [2.75, 3.05) is 17.7 Å². The molecule has 0 aliphatic heterocycles. The first-order valence-corrected chi connectivity index (χ1v) is 11.4. The van der Waals surface area contributed by atoms with Gasteiger partial charge >= 0.3 is 6.61 Å². The highest BCUT2D eigenvalue weighted by Crippen LogP contribution is 2.26. The Hall–Kier alpha value is -2.98. The molecular weight excluding hydrogens is 452 g/mol. The van der Waals surface area contributed by atoms with Gasteiger partial charge in [0.1, 0.15) is 5.75 Å². The van der Waals surface area contributed by atoms with Crippen molar-refractivity contribution in [3.63, 3.8) is 0 Å². The van der Waals surface area contributed by atoms with Crippen LogP contribution in [0, 0.1) is 0 Å². The number of benzene rings is 2. The number of para-hydroxylation sites is 3. The molecule has 1 amide bonds. The van der Waals surface area contributed by atoms with Crippen molar-refractivity contribution in [2.45, 2.75) is 44.7 Å². The van der Waals surface area contributed by atoms with Gasteiger partial charge < -0.3 is 14.8 Å². The number of rotatable bonds is 11. The average molecular weight is 478 g/mol. The van der Waals surface area contributed by atoms with Crippen LogP contribution in [0.1, 0.15) is 20.3 Å². The summed E-state index contributed by atoms with van der Waals surface area (Å²) < 4.78 is 36.7. The molecule has 3 rings (SSSR count). The molecule has 176 valence electrons. The summed E-state index contributed by atoms with van der Waals surface area (Å²) in [4.78, 5) is 30.1. The summed E-state index contributed by atoms with van der Waals surface area (Å²) in [6.07, 6.45) is 0.696. The highest BCUT2D eigenvalue weighted by Gasteiger charge is 2.15. The Morgan fingerprint density at radius 3 is 2.64 bits per heavy atom. The molecule has 1 heterocycles. The van der Waals surface area contributed by atoms with Crippen molar-refractivity contribution in [1.29, 1.82) is 0 Å². The van der Waals surface area contributed by atoms with Crippen LogP contribution in [0.3, 0.4) is 0 Å². The first-order chi connectivity index (χ1) is 15.8. The maximum atomic E-state index is 13.0. The number of fused-ring (bicyclic) bond motifs is 1. The monoisotopic (exact) mass is 477 g/mol. The number of alkyl halides is 2. The quantitative estimate of drug-likeness (QED) is 0.248. The van der Waals surface area contributed by atoms with E-state index in [2.05, 4.69) is 15.0 Å². The van der Waals surface area contributed by atoms with Gasteiger partial charge in [-0.15, -0.1) is 0 Å². The molecule has 0 saturated heterocycles. The average Bonchev–Trinajstić information content (AvgIpc) is 2.77. The predicted molar refractivity (Wildman–Crippen MR) is 124 cm³/mol. The number of ether oxygens (including phenoxy) is 2. The van der Waals surface area contributed by atoms with E-state index >= 15 is 0 Å². The summed E-state index contributed by atoms with van der Waals surface area (Å²) >= 11 is 1.10. The van der Waals surface area contributed by atoms with E-state index in [0.29, 0.717) is 35.6 Å². The van der Waals surface area contributed by atoms with Gasteiger partial charge in [-0.2, -0.15) is 8.78 Å². The lowest BCUT2D eigenvalue weighted by Gasteiger charge is -2.14. The van der Waals surface area contributed by atoms with E-state index in [1.165, 1.54) is 22.8 Å². The third-order valence-electron chi connectivity index (χ3n) is 4.51. The molecule has 0 saturated carbocycles. The summed E-state index contributed by atoms with van der Waals surface area (Å²) in [5, 5.41) is 3.46. The molecule has 0 unspecified atom stereocenters. The van der Waals surface area contributed by atoms with E-state index in [1.807, 2.05) is 13.8 Å². The molecule has 1 N–H and O–H groups in total. The van der Waals surface area contributed by atoms with E-state index in [4.69, 9.17) is 4.74 Å².